The monoisotopic (exact) mass is 521 g/mol. The van der Waals surface area contributed by atoms with Gasteiger partial charge in [0.25, 0.3) is 5.69 Å². The molecule has 4 rings (SSSR count). The van der Waals surface area contributed by atoms with Crippen LogP contribution in [0.2, 0.25) is 5.02 Å². The number of aromatic nitrogens is 1. The van der Waals surface area contributed by atoms with Crippen molar-refractivity contribution in [3.05, 3.63) is 79.6 Å². The summed E-state index contributed by atoms with van der Waals surface area (Å²) in [6.07, 6.45) is 1.67. The molecule has 184 valence electrons. The zero-order valence-corrected chi connectivity index (χ0v) is 19.1. The highest BCUT2D eigenvalue weighted by atomic mass is 35.5. The van der Waals surface area contributed by atoms with Gasteiger partial charge in [-0.15, -0.1) is 0 Å². The van der Waals surface area contributed by atoms with Crippen LogP contribution in [0.25, 0.3) is 0 Å². The number of pyridine rings is 1. The number of nitriles is 2. The van der Waals surface area contributed by atoms with Crippen LogP contribution in [0.1, 0.15) is 33.1 Å². The average molecular weight is 522 g/mol. The van der Waals surface area contributed by atoms with E-state index in [4.69, 9.17) is 33.1 Å². The van der Waals surface area contributed by atoms with Gasteiger partial charge in [0.05, 0.1) is 15.6 Å². The van der Waals surface area contributed by atoms with E-state index in [1.54, 1.807) is 6.19 Å². The first-order chi connectivity index (χ1) is 17.7. The van der Waals surface area contributed by atoms with Crippen LogP contribution in [-0.4, -0.2) is 21.8 Å². The van der Waals surface area contributed by atoms with E-state index < -0.39 is 34.0 Å². The maximum atomic E-state index is 14.3. The van der Waals surface area contributed by atoms with Crippen LogP contribution >= 0.6 is 11.6 Å². The Morgan fingerprint density at radius 2 is 2.05 bits per heavy atom. The van der Waals surface area contributed by atoms with Crippen molar-refractivity contribution in [1.29, 1.82) is 10.5 Å². The topological polar surface area (TPSA) is 218 Å². The van der Waals surface area contributed by atoms with E-state index in [0.29, 0.717) is 0 Å². The number of ether oxygens (including phenoxy) is 1. The van der Waals surface area contributed by atoms with E-state index in [1.165, 1.54) is 12.1 Å². The van der Waals surface area contributed by atoms with Gasteiger partial charge in [-0.25, -0.2) is 19.2 Å². The minimum atomic E-state index is -1.29. The van der Waals surface area contributed by atoms with Gasteiger partial charge in [0, 0.05) is 23.3 Å². The number of esters is 1. The third-order valence-electron chi connectivity index (χ3n) is 5.23. The number of carbonyl (C=O) groups is 1. The Balaban J connectivity index is 1.94. The number of nitro groups is 1. The van der Waals surface area contributed by atoms with Crippen molar-refractivity contribution < 1.29 is 18.8 Å². The summed E-state index contributed by atoms with van der Waals surface area (Å²) in [6.45, 7) is 0. The normalized spacial score (nSPS) is 13.7. The maximum Gasteiger partial charge on any atom is 0.348 e. The number of nitrogens with zero attached hydrogens (tertiary/aromatic N) is 5. The third-order valence-corrected chi connectivity index (χ3v) is 5.54. The molecule has 1 aliphatic rings. The van der Waals surface area contributed by atoms with Crippen molar-refractivity contribution in [2.75, 3.05) is 16.8 Å². The lowest BCUT2D eigenvalue weighted by molar-refractivity contribution is -0.384. The zero-order valence-electron chi connectivity index (χ0n) is 18.3. The largest absolute Gasteiger partial charge is 0.422 e. The van der Waals surface area contributed by atoms with Crippen LogP contribution in [0.4, 0.5) is 27.4 Å². The first-order valence-electron chi connectivity index (χ1n) is 10.1. The summed E-state index contributed by atoms with van der Waals surface area (Å²) in [7, 11) is 0. The Kier molecular flexibility index (Phi) is 6.43. The van der Waals surface area contributed by atoms with Gasteiger partial charge in [-0.3, -0.25) is 15.4 Å². The van der Waals surface area contributed by atoms with Gasteiger partial charge in [-0.05, 0) is 18.2 Å². The van der Waals surface area contributed by atoms with Gasteiger partial charge >= 0.3 is 5.97 Å². The van der Waals surface area contributed by atoms with Crippen molar-refractivity contribution in [2.45, 2.75) is 6.04 Å². The number of nitrogens with two attached hydrogens (primary N) is 2. The van der Waals surface area contributed by atoms with Crippen molar-refractivity contribution in [2.24, 2.45) is 4.99 Å². The number of rotatable bonds is 4. The number of nitrogens with one attached hydrogen (secondary N) is 2. The van der Waals surface area contributed by atoms with Gasteiger partial charge in [0.1, 0.15) is 46.4 Å². The Labute approximate surface area is 211 Å². The summed E-state index contributed by atoms with van der Waals surface area (Å²) in [5, 5.41) is 34.9. The van der Waals surface area contributed by atoms with Gasteiger partial charge in [-0.2, -0.15) is 10.5 Å². The zero-order chi connectivity index (χ0) is 26.9. The molecule has 0 aliphatic carbocycles. The predicted molar refractivity (Wildman–Crippen MR) is 129 cm³/mol. The van der Waals surface area contributed by atoms with Gasteiger partial charge in [0.15, 0.2) is 6.19 Å². The molecular weight excluding hydrogens is 509 g/mol. The number of nitrogen functional groups attached to an aromatic ring is 2. The molecule has 0 amide bonds. The number of nitro benzene ring substituents is 1. The SMILES string of the molecule is N#CNC1=NC(c2cc([N+](=O)[O-])ccc2OC(=O)c2c(F)cccc2Cl)c2c(nc(N)c(C#N)c2N)N1. The van der Waals surface area contributed by atoms with Crippen LogP contribution in [0.5, 0.6) is 5.75 Å². The van der Waals surface area contributed by atoms with Crippen LogP contribution in [0.3, 0.4) is 0 Å². The second kappa shape index (κ2) is 9.65. The second-order valence-corrected chi connectivity index (χ2v) is 7.77. The number of carbonyl (C=O) groups excluding carboxylic acids is 1. The molecule has 37 heavy (non-hydrogen) atoms. The van der Waals surface area contributed by atoms with E-state index in [1.807, 2.05) is 6.07 Å². The van der Waals surface area contributed by atoms with Crippen LogP contribution < -0.4 is 26.8 Å². The molecule has 0 radical (unpaired) electrons. The van der Waals surface area contributed by atoms with E-state index in [9.17, 15) is 24.6 Å². The van der Waals surface area contributed by atoms with Crippen LogP contribution in [0.15, 0.2) is 41.4 Å². The number of benzene rings is 2. The highest BCUT2D eigenvalue weighted by molar-refractivity contribution is 6.33. The molecule has 0 saturated carbocycles. The number of aliphatic imine (C=N–C) groups is 1. The molecule has 2 aromatic carbocycles. The number of hydrogen-bond donors (Lipinski definition) is 4. The number of anilines is 3. The Bertz CT molecular complexity index is 1580. The number of halogens is 2. The van der Waals surface area contributed by atoms with Gasteiger partial charge in [0.2, 0.25) is 5.96 Å². The lowest BCUT2D eigenvalue weighted by Crippen LogP contribution is -2.33. The molecule has 0 saturated heterocycles. The molecule has 2 heterocycles. The second-order valence-electron chi connectivity index (χ2n) is 7.37. The van der Waals surface area contributed by atoms with E-state index in [-0.39, 0.29) is 50.7 Å². The minimum Gasteiger partial charge on any atom is -0.422 e. The quantitative estimate of drug-likeness (QED) is 0.0975. The molecule has 1 aromatic heterocycles. The molecule has 6 N–H and O–H groups in total. The first-order valence-corrected chi connectivity index (χ1v) is 10.5. The molecule has 15 heteroatoms. The molecule has 0 spiro atoms. The highest BCUT2D eigenvalue weighted by Gasteiger charge is 2.33. The molecule has 1 unspecified atom stereocenters. The Morgan fingerprint density at radius 3 is 2.70 bits per heavy atom. The van der Waals surface area contributed by atoms with Crippen LogP contribution in [-0.2, 0) is 0 Å². The standard InChI is InChI=1S/C22H13ClFN9O4/c23-12-2-1-3-13(24)15(12)21(34)37-14-5-4-9(33(35)36)6-10(14)18-16-17(27)11(7-25)19(28)31-20(16)32-22(30-18)29-8-26/h1-6,18H,(H6,27,28,29,30,31,32). The predicted octanol–water partition coefficient (Wildman–Crippen LogP) is 2.98. The highest BCUT2D eigenvalue weighted by Crippen LogP contribution is 2.44. The third kappa shape index (κ3) is 4.47. The van der Waals surface area contributed by atoms with Crippen molar-refractivity contribution in [1.82, 2.24) is 10.3 Å². The maximum absolute atomic E-state index is 14.3. The summed E-state index contributed by atoms with van der Waals surface area (Å²) in [5.41, 5.74) is 10.7. The average Bonchev–Trinajstić information content (AvgIpc) is 2.84. The number of fused-ring (bicyclic) bond motifs is 1. The summed E-state index contributed by atoms with van der Waals surface area (Å²) >= 11 is 5.97. The summed E-state index contributed by atoms with van der Waals surface area (Å²) < 4.78 is 19.7. The number of guanidine groups is 1. The van der Waals surface area contributed by atoms with E-state index >= 15 is 0 Å². The summed E-state index contributed by atoms with van der Waals surface area (Å²) in [5.74, 6) is -2.77. The van der Waals surface area contributed by atoms with Gasteiger partial charge < -0.3 is 21.5 Å². The Morgan fingerprint density at radius 1 is 1.30 bits per heavy atom. The molecule has 0 fully saturated rings. The summed E-state index contributed by atoms with van der Waals surface area (Å²) in [4.78, 5) is 32.1. The molecule has 3 aromatic rings. The molecular formula is C22H13ClFN9O4. The number of non-ortho nitro benzene ring substituents is 1. The van der Waals surface area contributed by atoms with Crippen molar-refractivity contribution in [3.63, 3.8) is 0 Å². The molecule has 0 bridgehead atoms. The minimum absolute atomic E-state index is 0.00678. The first kappa shape index (κ1) is 24.6. The lowest BCUT2D eigenvalue weighted by Gasteiger charge is -2.27. The van der Waals surface area contributed by atoms with Crippen molar-refractivity contribution >= 4 is 46.5 Å². The molecule has 1 atom stereocenters. The smallest absolute Gasteiger partial charge is 0.348 e. The fourth-order valence-corrected chi connectivity index (χ4v) is 3.85. The lowest BCUT2D eigenvalue weighted by atomic mass is 9.94. The molecule has 13 nitrogen and oxygen atoms in total. The van der Waals surface area contributed by atoms with Gasteiger partial charge in [-0.1, -0.05) is 17.7 Å². The molecule has 1 aliphatic heterocycles. The number of hydrogen-bond acceptors (Lipinski definition) is 12. The van der Waals surface area contributed by atoms with E-state index in [2.05, 4.69) is 20.6 Å². The summed E-state index contributed by atoms with van der Waals surface area (Å²) in [6, 6.07) is 7.35. The van der Waals surface area contributed by atoms with Crippen LogP contribution in [0, 0.1) is 38.7 Å². The Hall–Kier alpha value is -5.47. The fourth-order valence-electron chi connectivity index (χ4n) is 3.61. The fraction of sp³-hybridized carbons (Fsp3) is 0.0455. The van der Waals surface area contributed by atoms with E-state index in [0.717, 1.165) is 24.3 Å². The van der Waals surface area contributed by atoms with Crippen molar-refractivity contribution in [3.8, 4) is 18.0 Å².